The smallest absolute Gasteiger partial charge is 0.250 e. The fourth-order valence-corrected chi connectivity index (χ4v) is 5.10. The molecular formula is C25H26N2O2. The van der Waals surface area contributed by atoms with Crippen LogP contribution in [0.25, 0.3) is 11.1 Å². The van der Waals surface area contributed by atoms with E-state index in [0.29, 0.717) is 11.8 Å². The standard InChI is InChI=1S/C25H26N2O2/c1-29-22-9-7-20(8-10-22)23-11-12-24(28)27-16-19-13-21(25(23)27)17-26(15-19)14-18-5-3-2-4-6-18/h2-12,19,21H,13-17H2,1H3. The van der Waals surface area contributed by atoms with Crippen LogP contribution < -0.4 is 10.3 Å². The average molecular weight is 386 g/mol. The Bertz CT molecular complexity index is 1060. The first-order valence-corrected chi connectivity index (χ1v) is 10.4. The van der Waals surface area contributed by atoms with Gasteiger partial charge in [-0.2, -0.15) is 0 Å². The largest absolute Gasteiger partial charge is 0.497 e. The molecular weight excluding hydrogens is 360 g/mol. The van der Waals surface area contributed by atoms with Crippen LogP contribution in [0, 0.1) is 5.92 Å². The molecule has 0 saturated carbocycles. The lowest BCUT2D eigenvalue weighted by Crippen LogP contribution is -2.47. The second-order valence-corrected chi connectivity index (χ2v) is 8.29. The lowest BCUT2D eigenvalue weighted by Gasteiger charge is -2.43. The molecule has 2 unspecified atom stereocenters. The summed E-state index contributed by atoms with van der Waals surface area (Å²) in [7, 11) is 1.68. The van der Waals surface area contributed by atoms with Crippen molar-refractivity contribution in [3.63, 3.8) is 0 Å². The molecule has 2 bridgehead atoms. The van der Waals surface area contributed by atoms with Crippen LogP contribution in [0.1, 0.15) is 23.6 Å². The Kier molecular flexibility index (Phi) is 4.72. The van der Waals surface area contributed by atoms with Crippen molar-refractivity contribution in [2.45, 2.75) is 25.4 Å². The number of hydrogen-bond donors (Lipinski definition) is 0. The van der Waals surface area contributed by atoms with Gasteiger partial charge in [0.05, 0.1) is 7.11 Å². The maximum absolute atomic E-state index is 12.7. The number of fused-ring (bicyclic) bond motifs is 4. The molecule has 2 atom stereocenters. The molecule has 3 aromatic rings. The molecule has 148 valence electrons. The topological polar surface area (TPSA) is 34.5 Å². The van der Waals surface area contributed by atoms with Crippen LogP contribution in [0.5, 0.6) is 5.75 Å². The number of rotatable bonds is 4. The van der Waals surface area contributed by atoms with E-state index in [2.05, 4.69) is 47.4 Å². The molecule has 2 aliphatic heterocycles. The van der Waals surface area contributed by atoms with Gasteiger partial charge in [0, 0.05) is 49.4 Å². The Balaban J connectivity index is 1.50. The summed E-state index contributed by atoms with van der Waals surface area (Å²) < 4.78 is 7.35. The molecule has 0 amide bonds. The van der Waals surface area contributed by atoms with E-state index in [9.17, 15) is 4.79 Å². The summed E-state index contributed by atoms with van der Waals surface area (Å²) in [5, 5.41) is 0. The van der Waals surface area contributed by atoms with Gasteiger partial charge in [-0.15, -0.1) is 0 Å². The molecule has 0 spiro atoms. The lowest BCUT2D eigenvalue weighted by atomic mass is 9.80. The quantitative estimate of drug-likeness (QED) is 0.676. The van der Waals surface area contributed by atoms with Crippen molar-refractivity contribution in [3.8, 4) is 16.9 Å². The molecule has 5 rings (SSSR count). The van der Waals surface area contributed by atoms with E-state index in [1.165, 1.54) is 16.8 Å². The predicted molar refractivity (Wildman–Crippen MR) is 115 cm³/mol. The minimum absolute atomic E-state index is 0.128. The molecule has 4 heteroatoms. The van der Waals surface area contributed by atoms with Crippen molar-refractivity contribution in [3.05, 3.63) is 88.3 Å². The van der Waals surface area contributed by atoms with Gasteiger partial charge < -0.3 is 9.30 Å². The van der Waals surface area contributed by atoms with Gasteiger partial charge in [-0.25, -0.2) is 0 Å². The third-order valence-electron chi connectivity index (χ3n) is 6.32. The number of pyridine rings is 1. The first-order valence-electron chi connectivity index (χ1n) is 10.4. The molecule has 1 saturated heterocycles. The minimum atomic E-state index is 0.128. The molecule has 4 nitrogen and oxygen atoms in total. The van der Waals surface area contributed by atoms with Gasteiger partial charge in [0.2, 0.25) is 0 Å². The maximum Gasteiger partial charge on any atom is 0.250 e. The Labute approximate surface area is 171 Å². The van der Waals surface area contributed by atoms with Crippen LogP contribution in [-0.4, -0.2) is 29.7 Å². The molecule has 1 aromatic heterocycles. The first-order chi connectivity index (χ1) is 14.2. The third kappa shape index (κ3) is 3.49. The highest BCUT2D eigenvalue weighted by atomic mass is 16.5. The highest BCUT2D eigenvalue weighted by molar-refractivity contribution is 5.67. The zero-order valence-electron chi connectivity index (χ0n) is 16.8. The molecule has 0 aliphatic carbocycles. The van der Waals surface area contributed by atoms with E-state index < -0.39 is 0 Å². The van der Waals surface area contributed by atoms with Crippen molar-refractivity contribution in [1.29, 1.82) is 0 Å². The first kappa shape index (κ1) is 18.2. The Morgan fingerprint density at radius 1 is 0.931 bits per heavy atom. The highest BCUT2D eigenvalue weighted by Gasteiger charge is 2.36. The minimum Gasteiger partial charge on any atom is -0.497 e. The molecule has 2 aliphatic rings. The van der Waals surface area contributed by atoms with Gasteiger partial charge in [-0.1, -0.05) is 42.5 Å². The van der Waals surface area contributed by atoms with Crippen molar-refractivity contribution >= 4 is 0 Å². The fourth-order valence-electron chi connectivity index (χ4n) is 5.10. The second-order valence-electron chi connectivity index (χ2n) is 8.29. The number of methoxy groups -OCH3 is 1. The third-order valence-corrected chi connectivity index (χ3v) is 6.32. The van der Waals surface area contributed by atoms with Gasteiger partial charge in [-0.3, -0.25) is 9.69 Å². The SMILES string of the molecule is COc1ccc(-c2ccc(=O)n3c2C2CC(CN(Cc4ccccc4)C2)C3)cc1. The van der Waals surface area contributed by atoms with Crippen LogP contribution in [-0.2, 0) is 13.1 Å². The number of hydrogen-bond acceptors (Lipinski definition) is 3. The highest BCUT2D eigenvalue weighted by Crippen LogP contribution is 2.40. The molecule has 2 aromatic carbocycles. The summed E-state index contributed by atoms with van der Waals surface area (Å²) in [6, 6.07) is 22.6. The molecule has 3 heterocycles. The van der Waals surface area contributed by atoms with E-state index in [0.717, 1.165) is 43.9 Å². The van der Waals surface area contributed by atoms with Gasteiger partial charge >= 0.3 is 0 Å². The number of likely N-dealkylation sites (tertiary alicyclic amines) is 1. The summed E-state index contributed by atoms with van der Waals surface area (Å²) >= 11 is 0. The predicted octanol–water partition coefficient (Wildman–Crippen LogP) is 4.14. The van der Waals surface area contributed by atoms with Crippen LogP contribution in [0.3, 0.4) is 0 Å². The van der Waals surface area contributed by atoms with E-state index in [1.807, 2.05) is 22.8 Å². The molecule has 0 N–H and O–H groups in total. The number of benzene rings is 2. The summed E-state index contributed by atoms with van der Waals surface area (Å²) in [5.41, 5.74) is 5.01. The van der Waals surface area contributed by atoms with E-state index >= 15 is 0 Å². The summed E-state index contributed by atoms with van der Waals surface area (Å²) in [6.45, 7) is 3.85. The van der Waals surface area contributed by atoms with Gasteiger partial charge in [0.15, 0.2) is 0 Å². The fraction of sp³-hybridized carbons (Fsp3) is 0.320. The number of ether oxygens (including phenoxy) is 1. The van der Waals surface area contributed by atoms with E-state index in [-0.39, 0.29) is 5.56 Å². The van der Waals surface area contributed by atoms with Crippen molar-refractivity contribution in [2.24, 2.45) is 5.92 Å². The normalized spacial score (nSPS) is 20.9. The zero-order chi connectivity index (χ0) is 19.8. The van der Waals surface area contributed by atoms with Crippen molar-refractivity contribution in [2.75, 3.05) is 20.2 Å². The number of piperidine rings is 1. The molecule has 29 heavy (non-hydrogen) atoms. The van der Waals surface area contributed by atoms with Crippen LogP contribution in [0.2, 0.25) is 0 Å². The van der Waals surface area contributed by atoms with E-state index in [4.69, 9.17) is 4.74 Å². The van der Waals surface area contributed by atoms with Crippen molar-refractivity contribution < 1.29 is 4.74 Å². The zero-order valence-corrected chi connectivity index (χ0v) is 16.8. The van der Waals surface area contributed by atoms with Gasteiger partial charge in [0.25, 0.3) is 5.56 Å². The number of nitrogens with zero attached hydrogens (tertiary/aromatic N) is 2. The average Bonchev–Trinajstić information content (AvgIpc) is 2.75. The molecule has 0 radical (unpaired) electrons. The summed E-state index contributed by atoms with van der Waals surface area (Å²) in [4.78, 5) is 15.2. The number of aromatic nitrogens is 1. The van der Waals surface area contributed by atoms with Crippen LogP contribution >= 0.6 is 0 Å². The van der Waals surface area contributed by atoms with E-state index in [1.54, 1.807) is 13.2 Å². The maximum atomic E-state index is 12.7. The Morgan fingerprint density at radius 3 is 2.48 bits per heavy atom. The summed E-state index contributed by atoms with van der Waals surface area (Å²) in [6.07, 6.45) is 1.16. The second kappa shape index (κ2) is 7.53. The lowest BCUT2D eigenvalue weighted by molar-refractivity contribution is 0.115. The Morgan fingerprint density at radius 2 is 1.72 bits per heavy atom. The van der Waals surface area contributed by atoms with Gasteiger partial charge in [-0.05, 0) is 41.7 Å². The van der Waals surface area contributed by atoms with Crippen molar-refractivity contribution in [1.82, 2.24) is 9.47 Å². The van der Waals surface area contributed by atoms with Gasteiger partial charge in [0.1, 0.15) is 5.75 Å². The summed E-state index contributed by atoms with van der Waals surface area (Å²) in [5.74, 6) is 1.77. The van der Waals surface area contributed by atoms with Crippen LogP contribution in [0.15, 0.2) is 71.5 Å². The van der Waals surface area contributed by atoms with Crippen LogP contribution in [0.4, 0.5) is 0 Å². The monoisotopic (exact) mass is 386 g/mol. The molecule has 1 fully saturated rings. The Hall–Kier alpha value is -2.85.